The fourth-order valence-corrected chi connectivity index (χ4v) is 2.77. The summed E-state index contributed by atoms with van der Waals surface area (Å²) < 4.78 is 10.6. The van der Waals surface area contributed by atoms with Gasteiger partial charge in [0.25, 0.3) is 11.5 Å². The van der Waals surface area contributed by atoms with Crippen molar-refractivity contribution >= 4 is 5.91 Å². The van der Waals surface area contributed by atoms with E-state index in [1.54, 1.807) is 12.1 Å². The fraction of sp³-hybridized carbons (Fsp3) is 0.100. The Balaban J connectivity index is 1.47. The molecule has 6 nitrogen and oxygen atoms in total. The highest BCUT2D eigenvalue weighted by atomic mass is 16.7. The number of rotatable bonds is 4. The molecule has 26 heavy (non-hydrogen) atoms. The summed E-state index contributed by atoms with van der Waals surface area (Å²) in [7, 11) is 0. The highest BCUT2D eigenvalue weighted by molar-refractivity contribution is 5.94. The molecule has 1 aliphatic rings. The molecular formula is C20H16N2O4. The molecule has 0 aliphatic carbocycles. The maximum Gasteiger partial charge on any atom is 0.261 e. The van der Waals surface area contributed by atoms with E-state index in [2.05, 4.69) is 10.3 Å². The number of hydrogen-bond acceptors (Lipinski definition) is 4. The molecule has 2 heterocycles. The van der Waals surface area contributed by atoms with Gasteiger partial charge in [-0.1, -0.05) is 36.4 Å². The van der Waals surface area contributed by atoms with Crippen LogP contribution < -0.4 is 20.3 Å². The molecule has 4 rings (SSSR count). The number of hydrogen-bond donors (Lipinski definition) is 2. The number of ether oxygens (including phenoxy) is 2. The zero-order valence-electron chi connectivity index (χ0n) is 13.8. The van der Waals surface area contributed by atoms with Gasteiger partial charge in [0.05, 0.1) is 0 Å². The summed E-state index contributed by atoms with van der Waals surface area (Å²) in [6.45, 7) is 0.490. The molecule has 1 aromatic heterocycles. The molecule has 0 atom stereocenters. The molecule has 0 spiro atoms. The summed E-state index contributed by atoms with van der Waals surface area (Å²) >= 11 is 0. The minimum atomic E-state index is -0.427. The van der Waals surface area contributed by atoms with E-state index in [0.717, 1.165) is 11.1 Å². The number of fused-ring (bicyclic) bond motifs is 1. The average Bonchev–Trinajstić information content (AvgIpc) is 3.14. The van der Waals surface area contributed by atoms with Gasteiger partial charge < -0.3 is 19.8 Å². The van der Waals surface area contributed by atoms with E-state index >= 15 is 0 Å². The third-order valence-corrected chi connectivity index (χ3v) is 4.13. The van der Waals surface area contributed by atoms with Gasteiger partial charge >= 0.3 is 0 Å². The average molecular weight is 348 g/mol. The van der Waals surface area contributed by atoms with Crippen LogP contribution in [-0.4, -0.2) is 17.7 Å². The number of pyridine rings is 1. The Bertz CT molecular complexity index is 1010. The van der Waals surface area contributed by atoms with Gasteiger partial charge in [0.2, 0.25) is 6.79 Å². The van der Waals surface area contributed by atoms with Crippen molar-refractivity contribution < 1.29 is 14.3 Å². The monoisotopic (exact) mass is 348 g/mol. The van der Waals surface area contributed by atoms with Gasteiger partial charge in [0, 0.05) is 12.2 Å². The lowest BCUT2D eigenvalue weighted by atomic mass is 10.1. The van der Waals surface area contributed by atoms with Crippen LogP contribution in [0.15, 0.2) is 65.5 Å². The van der Waals surface area contributed by atoms with Crippen molar-refractivity contribution in [1.82, 2.24) is 10.3 Å². The summed E-state index contributed by atoms with van der Waals surface area (Å²) in [5.41, 5.74) is 2.07. The predicted molar refractivity (Wildman–Crippen MR) is 96.2 cm³/mol. The highest BCUT2D eigenvalue weighted by Crippen LogP contribution is 2.32. The zero-order valence-corrected chi connectivity index (χ0v) is 13.8. The van der Waals surface area contributed by atoms with E-state index in [1.165, 1.54) is 6.07 Å². The molecule has 0 saturated heterocycles. The first-order chi connectivity index (χ1) is 12.7. The van der Waals surface area contributed by atoms with E-state index in [-0.39, 0.29) is 18.9 Å². The van der Waals surface area contributed by atoms with Gasteiger partial charge in [-0.3, -0.25) is 9.59 Å². The van der Waals surface area contributed by atoms with Crippen molar-refractivity contribution in [3.63, 3.8) is 0 Å². The summed E-state index contributed by atoms with van der Waals surface area (Å²) in [6, 6.07) is 18.2. The second-order valence-corrected chi connectivity index (χ2v) is 5.85. The predicted octanol–water partition coefficient (Wildman–Crippen LogP) is 2.70. The first kappa shape index (κ1) is 16.0. The van der Waals surface area contributed by atoms with Gasteiger partial charge in [-0.2, -0.15) is 0 Å². The van der Waals surface area contributed by atoms with Gasteiger partial charge in [-0.15, -0.1) is 0 Å². The number of amides is 1. The van der Waals surface area contributed by atoms with E-state index in [1.807, 2.05) is 42.5 Å². The van der Waals surface area contributed by atoms with Crippen molar-refractivity contribution in [2.45, 2.75) is 6.54 Å². The smallest absolute Gasteiger partial charge is 0.261 e. The molecule has 1 amide bonds. The minimum Gasteiger partial charge on any atom is -0.454 e. The molecule has 0 unspecified atom stereocenters. The van der Waals surface area contributed by atoms with E-state index in [0.29, 0.717) is 17.2 Å². The molecule has 2 aromatic carbocycles. The van der Waals surface area contributed by atoms with Gasteiger partial charge in [0.15, 0.2) is 11.5 Å². The molecule has 0 fully saturated rings. The standard InChI is InChI=1S/C20H16N2O4/c23-19(21-11-13-6-9-17-18(10-13)26-12-25-17)15-7-8-16(22-20(15)24)14-4-2-1-3-5-14/h1-10H,11-12H2,(H,21,23)(H,22,24). The number of aromatic amines is 1. The summed E-state index contributed by atoms with van der Waals surface area (Å²) in [5, 5.41) is 2.75. The third kappa shape index (κ3) is 3.17. The number of H-pyrrole nitrogens is 1. The van der Waals surface area contributed by atoms with E-state index in [9.17, 15) is 9.59 Å². The normalized spacial score (nSPS) is 12.0. The minimum absolute atomic E-state index is 0.0745. The first-order valence-electron chi connectivity index (χ1n) is 8.16. The Labute approximate surface area is 149 Å². The largest absolute Gasteiger partial charge is 0.454 e. The lowest BCUT2D eigenvalue weighted by molar-refractivity contribution is 0.0949. The van der Waals surface area contributed by atoms with Crippen LogP contribution in [0, 0.1) is 0 Å². The second-order valence-electron chi connectivity index (χ2n) is 5.85. The summed E-state index contributed by atoms with van der Waals surface area (Å²) in [6.07, 6.45) is 0. The zero-order chi connectivity index (χ0) is 17.9. The van der Waals surface area contributed by atoms with Crippen LogP contribution >= 0.6 is 0 Å². The molecule has 2 N–H and O–H groups in total. The van der Waals surface area contributed by atoms with Crippen molar-refractivity contribution in [2.24, 2.45) is 0 Å². The quantitative estimate of drug-likeness (QED) is 0.760. The molecular weight excluding hydrogens is 332 g/mol. The van der Waals surface area contributed by atoms with Gasteiger partial charge in [-0.05, 0) is 35.4 Å². The second kappa shape index (κ2) is 6.76. The molecule has 0 saturated carbocycles. The van der Waals surface area contributed by atoms with Gasteiger partial charge in [-0.25, -0.2) is 0 Å². The highest BCUT2D eigenvalue weighted by Gasteiger charge is 2.15. The summed E-state index contributed by atoms with van der Waals surface area (Å²) in [4.78, 5) is 27.4. The summed E-state index contributed by atoms with van der Waals surface area (Å²) in [5.74, 6) is 0.915. The van der Waals surface area contributed by atoms with Crippen molar-refractivity contribution in [3.05, 3.63) is 82.1 Å². The number of carbonyl (C=O) groups excluding carboxylic acids is 1. The lowest BCUT2D eigenvalue weighted by Gasteiger charge is -2.07. The molecule has 3 aromatic rings. The number of carbonyl (C=O) groups is 1. The van der Waals surface area contributed by atoms with Crippen LogP contribution in [0.1, 0.15) is 15.9 Å². The molecule has 1 aliphatic heterocycles. The van der Waals surface area contributed by atoms with Crippen LogP contribution in [0.3, 0.4) is 0 Å². The maximum absolute atomic E-state index is 12.3. The van der Waals surface area contributed by atoms with Crippen molar-refractivity contribution in [3.8, 4) is 22.8 Å². The maximum atomic E-state index is 12.3. The number of aromatic nitrogens is 1. The van der Waals surface area contributed by atoms with Crippen LogP contribution in [0.2, 0.25) is 0 Å². The molecule has 6 heteroatoms. The van der Waals surface area contributed by atoms with E-state index in [4.69, 9.17) is 9.47 Å². The van der Waals surface area contributed by atoms with Crippen LogP contribution in [0.4, 0.5) is 0 Å². The topological polar surface area (TPSA) is 80.4 Å². The Hall–Kier alpha value is -3.54. The first-order valence-corrected chi connectivity index (χ1v) is 8.16. The number of benzene rings is 2. The van der Waals surface area contributed by atoms with Crippen molar-refractivity contribution in [2.75, 3.05) is 6.79 Å². The van der Waals surface area contributed by atoms with Gasteiger partial charge in [0.1, 0.15) is 5.56 Å². The SMILES string of the molecule is O=C(NCc1ccc2c(c1)OCO2)c1ccc(-c2ccccc2)[nH]c1=O. The molecule has 0 radical (unpaired) electrons. The Morgan fingerprint density at radius 3 is 2.62 bits per heavy atom. The van der Waals surface area contributed by atoms with Crippen LogP contribution in [-0.2, 0) is 6.54 Å². The Kier molecular flexibility index (Phi) is 4.15. The third-order valence-electron chi connectivity index (χ3n) is 4.13. The van der Waals surface area contributed by atoms with E-state index < -0.39 is 11.5 Å². The molecule has 0 bridgehead atoms. The van der Waals surface area contributed by atoms with Crippen molar-refractivity contribution in [1.29, 1.82) is 0 Å². The number of nitrogens with one attached hydrogen (secondary N) is 2. The molecule has 130 valence electrons. The Morgan fingerprint density at radius 1 is 1.00 bits per heavy atom. The van der Waals surface area contributed by atoms with Crippen LogP contribution in [0.5, 0.6) is 11.5 Å². The Morgan fingerprint density at radius 2 is 1.81 bits per heavy atom. The fourth-order valence-electron chi connectivity index (χ4n) is 2.77. The lowest BCUT2D eigenvalue weighted by Crippen LogP contribution is -2.29. The van der Waals surface area contributed by atoms with Crippen LogP contribution in [0.25, 0.3) is 11.3 Å².